The second-order valence-electron chi connectivity index (χ2n) is 6.51. The van der Waals surface area contributed by atoms with Crippen LogP contribution in [0.5, 0.6) is 11.5 Å². The van der Waals surface area contributed by atoms with Crippen LogP contribution in [0.2, 0.25) is 0 Å². The van der Waals surface area contributed by atoms with Gasteiger partial charge in [-0.1, -0.05) is 0 Å². The fourth-order valence-corrected chi connectivity index (χ4v) is 4.16. The second-order valence-corrected chi connectivity index (χ2v) is 7.97. The molecular formula is C20H24N2O4S. The molecule has 0 saturated carbocycles. The minimum absolute atomic E-state index is 0.0481. The van der Waals surface area contributed by atoms with Crippen molar-refractivity contribution in [2.45, 2.75) is 13.8 Å². The lowest BCUT2D eigenvalue weighted by Crippen LogP contribution is -2.50. The first-order valence-corrected chi connectivity index (χ1v) is 9.63. The van der Waals surface area contributed by atoms with E-state index in [0.29, 0.717) is 43.2 Å². The van der Waals surface area contributed by atoms with Crippen molar-refractivity contribution in [3.63, 3.8) is 0 Å². The predicted octanol–water partition coefficient (Wildman–Crippen LogP) is 2.98. The average Bonchev–Trinajstić information content (AvgIpc) is 3.04. The van der Waals surface area contributed by atoms with Crippen LogP contribution in [0.15, 0.2) is 24.3 Å². The molecule has 2 amide bonds. The molecule has 0 bridgehead atoms. The quantitative estimate of drug-likeness (QED) is 0.808. The molecule has 0 radical (unpaired) electrons. The van der Waals surface area contributed by atoms with Crippen LogP contribution in [-0.4, -0.2) is 62.0 Å². The van der Waals surface area contributed by atoms with E-state index in [1.165, 1.54) is 0 Å². The molecular weight excluding hydrogens is 364 g/mol. The number of aryl methyl sites for hydroxylation is 2. The van der Waals surface area contributed by atoms with Gasteiger partial charge >= 0.3 is 0 Å². The normalized spacial score (nSPS) is 14.2. The van der Waals surface area contributed by atoms with Gasteiger partial charge in [0.15, 0.2) is 0 Å². The monoisotopic (exact) mass is 388 g/mol. The summed E-state index contributed by atoms with van der Waals surface area (Å²) < 4.78 is 10.5. The lowest BCUT2D eigenvalue weighted by Gasteiger charge is -2.35. The SMILES string of the molecule is COc1cc(OC)cc(C(=O)N2CCN(C(=O)c3cc(C)sc3C)CC2)c1. The molecule has 3 rings (SSSR count). The summed E-state index contributed by atoms with van der Waals surface area (Å²) in [5.41, 5.74) is 1.30. The van der Waals surface area contributed by atoms with Crippen LogP contribution in [0.4, 0.5) is 0 Å². The highest BCUT2D eigenvalue weighted by molar-refractivity contribution is 7.12. The minimum Gasteiger partial charge on any atom is -0.497 e. The molecule has 1 aromatic heterocycles. The lowest BCUT2D eigenvalue weighted by atomic mass is 10.1. The van der Waals surface area contributed by atoms with Crippen LogP contribution in [0.25, 0.3) is 0 Å². The summed E-state index contributed by atoms with van der Waals surface area (Å²) in [6.07, 6.45) is 0. The van der Waals surface area contributed by atoms with E-state index in [2.05, 4.69) is 0 Å². The molecule has 2 aromatic rings. The summed E-state index contributed by atoms with van der Waals surface area (Å²) in [5, 5.41) is 0. The number of rotatable bonds is 4. The van der Waals surface area contributed by atoms with Crippen LogP contribution < -0.4 is 9.47 Å². The molecule has 1 aliphatic heterocycles. The molecule has 7 heteroatoms. The van der Waals surface area contributed by atoms with Gasteiger partial charge in [0, 0.05) is 47.6 Å². The van der Waals surface area contributed by atoms with Crippen molar-refractivity contribution in [1.29, 1.82) is 0 Å². The van der Waals surface area contributed by atoms with Crippen molar-refractivity contribution in [2.24, 2.45) is 0 Å². The highest BCUT2D eigenvalue weighted by atomic mass is 32.1. The van der Waals surface area contributed by atoms with E-state index in [4.69, 9.17) is 9.47 Å². The summed E-state index contributed by atoms with van der Waals surface area (Å²) in [5.74, 6) is 1.12. The Kier molecular flexibility index (Phi) is 5.70. The molecule has 27 heavy (non-hydrogen) atoms. The van der Waals surface area contributed by atoms with Gasteiger partial charge in [0.05, 0.1) is 19.8 Å². The molecule has 144 valence electrons. The first-order chi connectivity index (χ1) is 12.9. The molecule has 6 nitrogen and oxygen atoms in total. The molecule has 0 unspecified atom stereocenters. The van der Waals surface area contributed by atoms with Gasteiger partial charge in [-0.3, -0.25) is 9.59 Å². The number of benzene rings is 1. The van der Waals surface area contributed by atoms with Crippen molar-refractivity contribution < 1.29 is 19.1 Å². The van der Waals surface area contributed by atoms with Crippen molar-refractivity contribution in [1.82, 2.24) is 9.80 Å². The maximum Gasteiger partial charge on any atom is 0.255 e. The molecule has 2 heterocycles. The third-order valence-corrected chi connectivity index (χ3v) is 5.69. The maximum atomic E-state index is 12.9. The highest BCUT2D eigenvalue weighted by Gasteiger charge is 2.27. The van der Waals surface area contributed by atoms with Gasteiger partial charge in [-0.2, -0.15) is 0 Å². The predicted molar refractivity (Wildman–Crippen MR) is 105 cm³/mol. The molecule has 0 atom stereocenters. The Bertz CT molecular complexity index is 831. The number of carbonyl (C=O) groups is 2. The van der Waals surface area contributed by atoms with Gasteiger partial charge in [-0.05, 0) is 32.0 Å². The van der Waals surface area contributed by atoms with Gasteiger partial charge in [0.2, 0.25) is 0 Å². The number of nitrogens with zero attached hydrogens (tertiary/aromatic N) is 2. The summed E-state index contributed by atoms with van der Waals surface area (Å²) in [6, 6.07) is 7.10. The standard InChI is InChI=1S/C20H24N2O4S/c1-13-9-18(14(2)27-13)20(24)22-7-5-21(6-8-22)19(23)15-10-16(25-3)12-17(11-15)26-4/h9-12H,5-8H2,1-4H3. The topological polar surface area (TPSA) is 59.1 Å². The Morgan fingerprint density at radius 3 is 1.81 bits per heavy atom. The summed E-state index contributed by atoms with van der Waals surface area (Å²) in [4.78, 5) is 31.4. The number of methoxy groups -OCH3 is 2. The molecule has 1 aromatic carbocycles. The maximum absolute atomic E-state index is 12.9. The smallest absolute Gasteiger partial charge is 0.255 e. The van der Waals surface area contributed by atoms with Crippen molar-refractivity contribution in [2.75, 3.05) is 40.4 Å². The van der Waals surface area contributed by atoms with Gasteiger partial charge in [0.1, 0.15) is 11.5 Å². The Morgan fingerprint density at radius 1 is 0.852 bits per heavy atom. The largest absolute Gasteiger partial charge is 0.497 e. The number of carbonyl (C=O) groups excluding carboxylic acids is 2. The van der Waals surface area contributed by atoms with Crippen LogP contribution in [-0.2, 0) is 0 Å². The zero-order valence-corrected chi connectivity index (χ0v) is 16.9. The summed E-state index contributed by atoms with van der Waals surface area (Å²) in [7, 11) is 3.11. The number of piperazine rings is 1. The van der Waals surface area contributed by atoms with E-state index in [0.717, 1.165) is 15.3 Å². The number of ether oxygens (including phenoxy) is 2. The Labute approximate surface area is 163 Å². The van der Waals surface area contributed by atoms with E-state index >= 15 is 0 Å². The zero-order valence-electron chi connectivity index (χ0n) is 16.1. The fraction of sp³-hybridized carbons (Fsp3) is 0.400. The number of hydrogen-bond donors (Lipinski definition) is 0. The molecule has 1 aliphatic rings. The van der Waals surface area contributed by atoms with Crippen LogP contribution in [0.3, 0.4) is 0 Å². The lowest BCUT2D eigenvalue weighted by molar-refractivity contribution is 0.0535. The van der Waals surface area contributed by atoms with Gasteiger partial charge < -0.3 is 19.3 Å². The van der Waals surface area contributed by atoms with E-state index in [9.17, 15) is 9.59 Å². The Hall–Kier alpha value is -2.54. The van der Waals surface area contributed by atoms with Crippen molar-refractivity contribution in [3.05, 3.63) is 45.1 Å². The van der Waals surface area contributed by atoms with Crippen LogP contribution in [0.1, 0.15) is 30.5 Å². The summed E-state index contributed by atoms with van der Waals surface area (Å²) >= 11 is 1.64. The first-order valence-electron chi connectivity index (χ1n) is 8.81. The molecule has 1 fully saturated rings. The van der Waals surface area contributed by atoms with Crippen molar-refractivity contribution >= 4 is 23.2 Å². The Morgan fingerprint density at radius 2 is 1.37 bits per heavy atom. The van der Waals surface area contributed by atoms with Crippen molar-refractivity contribution in [3.8, 4) is 11.5 Å². The van der Waals surface area contributed by atoms with Gasteiger partial charge in [-0.15, -0.1) is 11.3 Å². The van der Waals surface area contributed by atoms with E-state index in [-0.39, 0.29) is 11.8 Å². The molecule has 0 aliphatic carbocycles. The molecule has 1 saturated heterocycles. The highest BCUT2D eigenvalue weighted by Crippen LogP contribution is 2.25. The molecule has 0 N–H and O–H groups in total. The number of hydrogen-bond acceptors (Lipinski definition) is 5. The number of amides is 2. The third kappa shape index (κ3) is 4.08. The minimum atomic E-state index is -0.0816. The number of thiophene rings is 1. The Balaban J connectivity index is 1.67. The third-order valence-electron chi connectivity index (χ3n) is 4.72. The first kappa shape index (κ1) is 19.2. The van der Waals surface area contributed by atoms with Crippen LogP contribution in [0, 0.1) is 13.8 Å². The van der Waals surface area contributed by atoms with E-state index in [1.807, 2.05) is 24.8 Å². The van der Waals surface area contributed by atoms with E-state index < -0.39 is 0 Å². The molecule has 0 spiro atoms. The average molecular weight is 388 g/mol. The second kappa shape index (κ2) is 8.00. The summed E-state index contributed by atoms with van der Waals surface area (Å²) in [6.45, 7) is 6.05. The van der Waals surface area contributed by atoms with E-state index in [1.54, 1.807) is 48.7 Å². The zero-order chi connectivity index (χ0) is 19.6. The van der Waals surface area contributed by atoms with Crippen LogP contribution >= 0.6 is 11.3 Å². The fourth-order valence-electron chi connectivity index (χ4n) is 3.24. The van der Waals surface area contributed by atoms with Gasteiger partial charge in [-0.25, -0.2) is 0 Å². The van der Waals surface area contributed by atoms with Gasteiger partial charge in [0.25, 0.3) is 11.8 Å².